The summed E-state index contributed by atoms with van der Waals surface area (Å²) in [5, 5.41) is 8.16. The lowest BCUT2D eigenvalue weighted by molar-refractivity contribution is 1.09. The minimum atomic E-state index is -0.138. The molecule has 0 fully saturated rings. The lowest BCUT2D eigenvalue weighted by Gasteiger charge is -1.98. The summed E-state index contributed by atoms with van der Waals surface area (Å²) in [5.41, 5.74) is 0.678. The van der Waals surface area contributed by atoms with Crippen LogP contribution in [0.3, 0.4) is 0 Å². The van der Waals surface area contributed by atoms with E-state index in [4.69, 9.17) is 0 Å². The van der Waals surface area contributed by atoms with Crippen LogP contribution in [0.15, 0.2) is 35.4 Å². The molecule has 0 aliphatic carbocycles. The molecule has 0 radical (unpaired) electrons. The Morgan fingerprint density at radius 1 is 1.29 bits per heavy atom. The standard InChI is InChI=1S/C9H6N4O/c14-8-6-3-1-2-4-7(6)13-5-10-12-9(13)11-8/h1-5H,(H,11,12,14). The zero-order chi connectivity index (χ0) is 9.54. The van der Waals surface area contributed by atoms with Gasteiger partial charge < -0.3 is 0 Å². The molecule has 0 saturated heterocycles. The van der Waals surface area contributed by atoms with Crippen LogP contribution in [0.5, 0.6) is 0 Å². The first-order chi connectivity index (χ1) is 6.86. The summed E-state index contributed by atoms with van der Waals surface area (Å²) in [7, 11) is 0. The topological polar surface area (TPSA) is 63.0 Å². The van der Waals surface area contributed by atoms with E-state index >= 15 is 0 Å². The molecular weight excluding hydrogens is 180 g/mol. The van der Waals surface area contributed by atoms with Crippen molar-refractivity contribution in [1.82, 2.24) is 19.6 Å². The summed E-state index contributed by atoms with van der Waals surface area (Å²) in [4.78, 5) is 14.2. The number of nitrogens with zero attached hydrogens (tertiary/aromatic N) is 3. The summed E-state index contributed by atoms with van der Waals surface area (Å²) in [6, 6.07) is 7.34. The number of fused-ring (bicyclic) bond motifs is 3. The fourth-order valence-corrected chi connectivity index (χ4v) is 1.54. The molecule has 0 aliphatic heterocycles. The second kappa shape index (κ2) is 2.41. The molecule has 68 valence electrons. The Morgan fingerprint density at radius 3 is 3.07 bits per heavy atom. The van der Waals surface area contributed by atoms with E-state index < -0.39 is 0 Å². The van der Waals surface area contributed by atoms with E-state index in [-0.39, 0.29) is 5.56 Å². The van der Waals surface area contributed by atoms with E-state index in [9.17, 15) is 4.79 Å². The van der Waals surface area contributed by atoms with Crippen LogP contribution in [0.4, 0.5) is 0 Å². The molecule has 14 heavy (non-hydrogen) atoms. The van der Waals surface area contributed by atoms with Gasteiger partial charge in [-0.15, -0.1) is 10.2 Å². The van der Waals surface area contributed by atoms with Gasteiger partial charge in [-0.2, -0.15) is 0 Å². The molecule has 5 nitrogen and oxygen atoms in total. The zero-order valence-electron chi connectivity index (χ0n) is 7.14. The quantitative estimate of drug-likeness (QED) is 0.558. The number of aromatic amines is 1. The summed E-state index contributed by atoms with van der Waals surface area (Å²) in [6.45, 7) is 0. The smallest absolute Gasteiger partial charge is 0.260 e. The average molecular weight is 186 g/mol. The lowest BCUT2D eigenvalue weighted by Crippen LogP contribution is -2.09. The Hall–Kier alpha value is -2.17. The van der Waals surface area contributed by atoms with Gasteiger partial charge in [-0.25, -0.2) is 0 Å². The minimum Gasteiger partial charge on any atom is -0.290 e. The van der Waals surface area contributed by atoms with Gasteiger partial charge in [-0.3, -0.25) is 14.2 Å². The highest BCUT2D eigenvalue weighted by atomic mass is 16.1. The minimum absolute atomic E-state index is 0.138. The molecule has 2 heterocycles. The molecule has 3 aromatic rings. The van der Waals surface area contributed by atoms with E-state index in [1.807, 2.05) is 18.2 Å². The first-order valence-electron chi connectivity index (χ1n) is 4.17. The van der Waals surface area contributed by atoms with Crippen LogP contribution in [0.25, 0.3) is 16.7 Å². The van der Waals surface area contributed by atoms with Crippen molar-refractivity contribution in [3.8, 4) is 0 Å². The molecule has 0 amide bonds. The first kappa shape index (κ1) is 7.25. The third-order valence-corrected chi connectivity index (χ3v) is 2.18. The fourth-order valence-electron chi connectivity index (χ4n) is 1.54. The van der Waals surface area contributed by atoms with Crippen molar-refractivity contribution in [3.05, 3.63) is 40.9 Å². The number of benzene rings is 1. The van der Waals surface area contributed by atoms with Gasteiger partial charge in [-0.05, 0) is 12.1 Å². The van der Waals surface area contributed by atoms with E-state index in [0.29, 0.717) is 11.2 Å². The van der Waals surface area contributed by atoms with Crippen molar-refractivity contribution in [1.29, 1.82) is 0 Å². The maximum Gasteiger partial charge on any atom is 0.260 e. The van der Waals surface area contributed by atoms with E-state index in [0.717, 1.165) is 5.52 Å². The Balaban J connectivity index is 2.74. The highest BCUT2D eigenvalue weighted by molar-refractivity contribution is 5.79. The maximum absolute atomic E-state index is 11.6. The van der Waals surface area contributed by atoms with E-state index in [1.165, 1.54) is 0 Å². The van der Waals surface area contributed by atoms with Crippen molar-refractivity contribution in [2.45, 2.75) is 0 Å². The van der Waals surface area contributed by atoms with Crippen LogP contribution in [0, 0.1) is 0 Å². The second-order valence-corrected chi connectivity index (χ2v) is 3.00. The van der Waals surface area contributed by atoms with Crippen LogP contribution in [-0.2, 0) is 0 Å². The largest absolute Gasteiger partial charge is 0.290 e. The van der Waals surface area contributed by atoms with Gasteiger partial charge >= 0.3 is 0 Å². The lowest BCUT2D eigenvalue weighted by atomic mass is 10.2. The molecule has 1 N–H and O–H groups in total. The Kier molecular flexibility index (Phi) is 1.25. The van der Waals surface area contributed by atoms with Gasteiger partial charge in [0, 0.05) is 0 Å². The summed E-state index contributed by atoms with van der Waals surface area (Å²) >= 11 is 0. The molecule has 0 atom stereocenters. The van der Waals surface area contributed by atoms with Gasteiger partial charge in [0.2, 0.25) is 5.78 Å². The highest BCUT2D eigenvalue weighted by Gasteiger charge is 2.03. The number of hydrogen-bond donors (Lipinski definition) is 1. The van der Waals surface area contributed by atoms with Crippen molar-refractivity contribution in [2.24, 2.45) is 0 Å². The number of rotatable bonds is 0. The Bertz CT molecular complexity index is 667. The molecule has 3 rings (SSSR count). The van der Waals surface area contributed by atoms with Gasteiger partial charge in [-0.1, -0.05) is 12.1 Å². The van der Waals surface area contributed by atoms with Crippen molar-refractivity contribution in [2.75, 3.05) is 0 Å². The zero-order valence-corrected chi connectivity index (χ0v) is 7.14. The highest BCUT2D eigenvalue weighted by Crippen LogP contribution is 2.08. The van der Waals surface area contributed by atoms with Crippen molar-refractivity contribution in [3.63, 3.8) is 0 Å². The third-order valence-electron chi connectivity index (χ3n) is 2.18. The van der Waals surface area contributed by atoms with Crippen LogP contribution >= 0.6 is 0 Å². The Morgan fingerprint density at radius 2 is 2.14 bits per heavy atom. The number of aromatic nitrogens is 4. The molecule has 2 aromatic heterocycles. The predicted octanol–water partition coefficient (Wildman–Crippen LogP) is 0.571. The average Bonchev–Trinajstić information content (AvgIpc) is 2.66. The molecule has 0 spiro atoms. The predicted molar refractivity (Wildman–Crippen MR) is 51.1 cm³/mol. The molecular formula is C9H6N4O. The maximum atomic E-state index is 11.6. The fraction of sp³-hybridized carbons (Fsp3) is 0. The summed E-state index contributed by atoms with van der Waals surface area (Å²) < 4.78 is 1.75. The third kappa shape index (κ3) is 0.806. The van der Waals surface area contributed by atoms with Gasteiger partial charge in [0.25, 0.3) is 5.56 Å². The molecule has 0 aliphatic rings. The Labute approximate surface area is 78.0 Å². The molecule has 0 unspecified atom stereocenters. The van der Waals surface area contributed by atoms with Crippen LogP contribution in [0.2, 0.25) is 0 Å². The van der Waals surface area contributed by atoms with Crippen molar-refractivity contribution >= 4 is 16.7 Å². The number of nitrogens with one attached hydrogen (secondary N) is 1. The van der Waals surface area contributed by atoms with E-state index in [2.05, 4.69) is 15.2 Å². The SMILES string of the molecule is O=c1[nH]c2nncn2c2ccccc12. The molecule has 5 heteroatoms. The van der Waals surface area contributed by atoms with Crippen LogP contribution in [-0.4, -0.2) is 19.6 Å². The first-order valence-corrected chi connectivity index (χ1v) is 4.17. The van der Waals surface area contributed by atoms with Gasteiger partial charge in [0.05, 0.1) is 10.9 Å². The molecule has 0 saturated carbocycles. The van der Waals surface area contributed by atoms with Crippen LogP contribution < -0.4 is 5.56 Å². The second-order valence-electron chi connectivity index (χ2n) is 3.00. The number of H-pyrrole nitrogens is 1. The molecule has 1 aromatic carbocycles. The van der Waals surface area contributed by atoms with Crippen LogP contribution in [0.1, 0.15) is 0 Å². The normalized spacial score (nSPS) is 11.1. The van der Waals surface area contributed by atoms with Crippen molar-refractivity contribution < 1.29 is 0 Å². The number of hydrogen-bond acceptors (Lipinski definition) is 3. The summed E-state index contributed by atoms with van der Waals surface area (Å²) in [6.07, 6.45) is 1.58. The summed E-state index contributed by atoms with van der Waals surface area (Å²) in [5.74, 6) is 0.466. The number of para-hydroxylation sites is 1. The van der Waals surface area contributed by atoms with E-state index in [1.54, 1.807) is 16.8 Å². The monoisotopic (exact) mass is 186 g/mol. The van der Waals surface area contributed by atoms with Gasteiger partial charge in [0.1, 0.15) is 6.33 Å². The molecule has 0 bridgehead atoms. The van der Waals surface area contributed by atoms with Gasteiger partial charge in [0.15, 0.2) is 0 Å².